The average molecular weight is 148 g/mol. The maximum atomic E-state index is 9.60. The molecule has 0 aliphatic heterocycles. The van der Waals surface area contributed by atoms with E-state index in [9.17, 15) is 5.11 Å². The summed E-state index contributed by atoms with van der Waals surface area (Å²) in [7, 11) is 0. The van der Waals surface area contributed by atoms with Gasteiger partial charge in [-0.1, -0.05) is 24.3 Å². The van der Waals surface area contributed by atoms with Gasteiger partial charge in [-0.3, -0.25) is 0 Å². The largest absolute Gasteiger partial charge is 0.389 e. The molecule has 2 bridgehead atoms. The number of fused-ring (bicyclic) bond motifs is 5. The molecule has 0 heterocycles. The quantitative estimate of drug-likeness (QED) is 0.514. The second-order valence-electron chi connectivity index (χ2n) is 3.98. The maximum absolute atomic E-state index is 9.60. The average Bonchev–Trinajstić information content (AvgIpc) is 2.60. The molecule has 0 saturated heterocycles. The van der Waals surface area contributed by atoms with E-state index in [-0.39, 0.29) is 6.10 Å². The van der Waals surface area contributed by atoms with Crippen molar-refractivity contribution in [3.05, 3.63) is 24.3 Å². The topological polar surface area (TPSA) is 20.2 Å². The summed E-state index contributed by atoms with van der Waals surface area (Å²) < 4.78 is 0. The minimum atomic E-state index is -0.153. The van der Waals surface area contributed by atoms with E-state index in [0.717, 1.165) is 5.92 Å². The van der Waals surface area contributed by atoms with Gasteiger partial charge in [-0.05, 0) is 24.2 Å². The predicted molar refractivity (Wildman–Crippen MR) is 42.9 cm³/mol. The molecule has 3 aliphatic rings. The summed E-state index contributed by atoms with van der Waals surface area (Å²) >= 11 is 0. The molecule has 11 heavy (non-hydrogen) atoms. The van der Waals surface area contributed by atoms with Crippen molar-refractivity contribution >= 4 is 0 Å². The zero-order valence-electron chi connectivity index (χ0n) is 6.35. The Morgan fingerprint density at radius 1 is 1.00 bits per heavy atom. The summed E-state index contributed by atoms with van der Waals surface area (Å²) in [5.41, 5.74) is 0. The highest BCUT2D eigenvalue weighted by Gasteiger charge is 2.48. The van der Waals surface area contributed by atoms with Crippen LogP contribution < -0.4 is 0 Å². The van der Waals surface area contributed by atoms with Crippen LogP contribution in [0.5, 0.6) is 0 Å². The third-order valence-electron chi connectivity index (χ3n) is 3.51. The highest BCUT2D eigenvalue weighted by molar-refractivity contribution is 5.24. The fraction of sp³-hybridized carbons (Fsp3) is 0.600. The first-order valence-corrected chi connectivity index (χ1v) is 4.41. The van der Waals surface area contributed by atoms with Gasteiger partial charge in [0.15, 0.2) is 0 Å². The van der Waals surface area contributed by atoms with E-state index in [4.69, 9.17) is 0 Å². The van der Waals surface area contributed by atoms with Crippen LogP contribution in [0.1, 0.15) is 6.42 Å². The van der Waals surface area contributed by atoms with Crippen LogP contribution in [-0.2, 0) is 0 Å². The van der Waals surface area contributed by atoms with Gasteiger partial charge >= 0.3 is 0 Å². The van der Waals surface area contributed by atoms with Gasteiger partial charge in [0.2, 0.25) is 0 Å². The molecule has 0 radical (unpaired) electrons. The van der Waals surface area contributed by atoms with E-state index in [1.807, 2.05) is 6.08 Å². The van der Waals surface area contributed by atoms with E-state index in [2.05, 4.69) is 18.2 Å². The molecule has 1 heteroatoms. The zero-order valence-corrected chi connectivity index (χ0v) is 6.35. The summed E-state index contributed by atoms with van der Waals surface area (Å²) in [5.74, 6) is 2.62. The Labute approximate surface area is 66.4 Å². The lowest BCUT2D eigenvalue weighted by atomic mass is 9.84. The van der Waals surface area contributed by atoms with Crippen molar-refractivity contribution < 1.29 is 5.11 Å². The minimum Gasteiger partial charge on any atom is -0.389 e. The predicted octanol–water partition coefficient (Wildman–Crippen LogP) is 1.36. The number of allylic oxidation sites excluding steroid dienone is 3. The van der Waals surface area contributed by atoms with Crippen LogP contribution in [0, 0.1) is 23.7 Å². The van der Waals surface area contributed by atoms with Gasteiger partial charge in [0.1, 0.15) is 0 Å². The van der Waals surface area contributed by atoms with Gasteiger partial charge in [-0.15, -0.1) is 0 Å². The van der Waals surface area contributed by atoms with Gasteiger partial charge in [-0.2, -0.15) is 0 Å². The second-order valence-corrected chi connectivity index (χ2v) is 3.98. The molecule has 58 valence electrons. The van der Waals surface area contributed by atoms with Crippen LogP contribution in [0.25, 0.3) is 0 Å². The molecule has 3 aliphatic carbocycles. The molecule has 0 spiro atoms. The lowest BCUT2D eigenvalue weighted by Gasteiger charge is -2.22. The second kappa shape index (κ2) is 1.78. The summed E-state index contributed by atoms with van der Waals surface area (Å²) in [4.78, 5) is 0. The van der Waals surface area contributed by atoms with E-state index in [1.165, 1.54) is 6.42 Å². The van der Waals surface area contributed by atoms with Crippen molar-refractivity contribution in [2.45, 2.75) is 12.5 Å². The monoisotopic (exact) mass is 148 g/mol. The van der Waals surface area contributed by atoms with Crippen LogP contribution in [0.2, 0.25) is 0 Å². The first-order valence-electron chi connectivity index (χ1n) is 4.41. The summed E-state index contributed by atoms with van der Waals surface area (Å²) in [6.07, 6.45) is 9.94. The van der Waals surface area contributed by atoms with Crippen LogP contribution in [0.4, 0.5) is 0 Å². The Morgan fingerprint density at radius 2 is 1.82 bits per heavy atom. The number of rotatable bonds is 0. The van der Waals surface area contributed by atoms with Crippen molar-refractivity contribution in [3.8, 4) is 0 Å². The van der Waals surface area contributed by atoms with E-state index in [1.54, 1.807) is 0 Å². The van der Waals surface area contributed by atoms with Crippen LogP contribution in [0.3, 0.4) is 0 Å². The van der Waals surface area contributed by atoms with Crippen molar-refractivity contribution in [1.82, 2.24) is 0 Å². The third kappa shape index (κ3) is 0.603. The van der Waals surface area contributed by atoms with Crippen LogP contribution in [0.15, 0.2) is 24.3 Å². The molecule has 0 aromatic carbocycles. The molecule has 1 nitrogen and oxygen atoms in total. The van der Waals surface area contributed by atoms with Gasteiger partial charge < -0.3 is 5.11 Å². The van der Waals surface area contributed by atoms with Crippen molar-refractivity contribution in [1.29, 1.82) is 0 Å². The minimum absolute atomic E-state index is 0.153. The Hall–Kier alpha value is -0.560. The number of aliphatic hydroxyl groups excluding tert-OH is 1. The molecule has 3 rings (SSSR count). The highest BCUT2D eigenvalue weighted by atomic mass is 16.3. The first-order chi connectivity index (χ1) is 5.36. The molecule has 0 aromatic heterocycles. The zero-order chi connectivity index (χ0) is 7.42. The van der Waals surface area contributed by atoms with Gasteiger partial charge in [0.05, 0.1) is 6.10 Å². The standard InChI is InChI=1S/C10H12O/c11-9-4-3-8-6-1-2-7(5-6)10(8)9/h1-4,6-11H,5H2/t6-,7-,8-,9+,10+/m1/s1. The molecule has 0 unspecified atom stereocenters. The Balaban J connectivity index is 2.02. The molecule has 1 fully saturated rings. The third-order valence-corrected chi connectivity index (χ3v) is 3.51. The van der Waals surface area contributed by atoms with Crippen LogP contribution in [-0.4, -0.2) is 11.2 Å². The Morgan fingerprint density at radius 3 is 2.64 bits per heavy atom. The number of aliphatic hydroxyl groups is 1. The van der Waals surface area contributed by atoms with Crippen molar-refractivity contribution in [2.75, 3.05) is 0 Å². The Bertz CT molecular complexity index is 241. The van der Waals surface area contributed by atoms with E-state index in [0.29, 0.717) is 17.8 Å². The smallest absolute Gasteiger partial charge is 0.0760 e. The van der Waals surface area contributed by atoms with Gasteiger partial charge in [0, 0.05) is 5.92 Å². The maximum Gasteiger partial charge on any atom is 0.0760 e. The lowest BCUT2D eigenvalue weighted by molar-refractivity contribution is 0.132. The van der Waals surface area contributed by atoms with Gasteiger partial charge in [0.25, 0.3) is 0 Å². The molecule has 1 N–H and O–H groups in total. The van der Waals surface area contributed by atoms with Crippen molar-refractivity contribution in [2.24, 2.45) is 23.7 Å². The normalized spacial score (nSPS) is 57.4. The Kier molecular flexibility index (Phi) is 0.972. The summed E-state index contributed by atoms with van der Waals surface area (Å²) in [5, 5.41) is 9.60. The number of hydrogen-bond acceptors (Lipinski definition) is 1. The fourth-order valence-corrected chi connectivity index (χ4v) is 3.02. The fourth-order valence-electron chi connectivity index (χ4n) is 3.02. The van der Waals surface area contributed by atoms with E-state index >= 15 is 0 Å². The summed E-state index contributed by atoms with van der Waals surface area (Å²) in [6, 6.07) is 0. The van der Waals surface area contributed by atoms with Crippen LogP contribution >= 0.6 is 0 Å². The lowest BCUT2D eigenvalue weighted by Crippen LogP contribution is -2.23. The van der Waals surface area contributed by atoms with E-state index < -0.39 is 0 Å². The van der Waals surface area contributed by atoms with Gasteiger partial charge in [-0.25, -0.2) is 0 Å². The molecule has 1 saturated carbocycles. The first kappa shape index (κ1) is 6.01. The van der Waals surface area contributed by atoms with Crippen molar-refractivity contribution in [3.63, 3.8) is 0 Å². The molecule has 0 amide bonds. The number of hydrogen-bond donors (Lipinski definition) is 1. The molecular weight excluding hydrogens is 136 g/mol. The SMILES string of the molecule is O[C@H]1C=C[C@H]2[C@@H]1[C@@H]1C=C[C@@H]2C1. The molecule has 5 atom stereocenters. The highest BCUT2D eigenvalue weighted by Crippen LogP contribution is 2.52. The molecular formula is C10H12O. The molecule has 0 aromatic rings. The summed E-state index contributed by atoms with van der Waals surface area (Å²) in [6.45, 7) is 0.